The number of anilines is 3. The summed E-state index contributed by atoms with van der Waals surface area (Å²) in [4.78, 5) is 13.2. The Bertz CT molecular complexity index is 888. The number of rotatable bonds is 6. The average molecular weight is 414 g/mol. The number of hydrogen-bond donors (Lipinski definition) is 3. The summed E-state index contributed by atoms with van der Waals surface area (Å²) in [5.74, 6) is 1.12. The highest BCUT2D eigenvalue weighted by Crippen LogP contribution is 2.28. The van der Waals surface area contributed by atoms with E-state index in [1.807, 2.05) is 50.2 Å². The topological polar surface area (TPSA) is 83.0 Å². The second-order valence-electron chi connectivity index (χ2n) is 5.96. The second-order valence-corrected chi connectivity index (χ2v) is 6.82. The lowest BCUT2D eigenvalue weighted by Crippen LogP contribution is -2.21. The van der Waals surface area contributed by atoms with Crippen molar-refractivity contribution in [1.82, 2.24) is 15.0 Å². The molecule has 26 heavy (non-hydrogen) atoms. The number of nitrogens with zero attached hydrogens (tertiary/aromatic N) is 3. The summed E-state index contributed by atoms with van der Waals surface area (Å²) < 4.78 is 1.03. The summed E-state index contributed by atoms with van der Waals surface area (Å²) >= 11 is 3.55. The molecular formula is C19H20BrN5O. The largest absolute Gasteiger partial charge is 0.394 e. The Morgan fingerprint density at radius 2 is 1.92 bits per heavy atom. The summed E-state index contributed by atoms with van der Waals surface area (Å²) in [6, 6.07) is 11.5. The summed E-state index contributed by atoms with van der Waals surface area (Å²) in [5.41, 5.74) is 3.76. The molecular weight excluding hydrogens is 394 g/mol. The van der Waals surface area contributed by atoms with E-state index in [0.29, 0.717) is 11.8 Å². The molecule has 0 aliphatic carbocycles. The third-order valence-electron chi connectivity index (χ3n) is 3.88. The van der Waals surface area contributed by atoms with E-state index in [0.717, 1.165) is 27.0 Å². The van der Waals surface area contributed by atoms with Crippen LogP contribution in [0.4, 0.5) is 17.5 Å². The number of aliphatic hydroxyl groups is 1. The van der Waals surface area contributed by atoms with Crippen molar-refractivity contribution >= 4 is 33.4 Å². The monoisotopic (exact) mass is 413 g/mol. The van der Waals surface area contributed by atoms with Crippen LogP contribution in [0, 0.1) is 6.92 Å². The van der Waals surface area contributed by atoms with Gasteiger partial charge in [-0.15, -0.1) is 0 Å². The van der Waals surface area contributed by atoms with Gasteiger partial charge in [0.25, 0.3) is 0 Å². The molecule has 0 aliphatic rings. The van der Waals surface area contributed by atoms with E-state index in [1.54, 1.807) is 12.4 Å². The van der Waals surface area contributed by atoms with Crippen molar-refractivity contribution in [3.05, 3.63) is 58.8 Å². The van der Waals surface area contributed by atoms with E-state index >= 15 is 0 Å². The van der Waals surface area contributed by atoms with E-state index < -0.39 is 0 Å². The molecule has 0 bridgehead atoms. The molecule has 2 aromatic heterocycles. The summed E-state index contributed by atoms with van der Waals surface area (Å²) in [7, 11) is 0. The van der Waals surface area contributed by atoms with E-state index in [1.165, 1.54) is 0 Å². The van der Waals surface area contributed by atoms with Gasteiger partial charge in [0, 0.05) is 40.2 Å². The molecule has 0 saturated heterocycles. The number of benzene rings is 1. The molecule has 3 N–H and O–H groups in total. The Hall–Kier alpha value is -2.51. The van der Waals surface area contributed by atoms with Gasteiger partial charge in [-0.05, 0) is 43.7 Å². The summed E-state index contributed by atoms with van der Waals surface area (Å²) in [6.45, 7) is 3.90. The van der Waals surface area contributed by atoms with E-state index in [9.17, 15) is 5.11 Å². The maximum absolute atomic E-state index is 9.31. The molecule has 0 radical (unpaired) electrons. The minimum absolute atomic E-state index is 0.00362. The van der Waals surface area contributed by atoms with E-state index in [4.69, 9.17) is 0 Å². The van der Waals surface area contributed by atoms with Crippen LogP contribution in [0.1, 0.15) is 12.5 Å². The van der Waals surface area contributed by atoms with Gasteiger partial charge in [-0.3, -0.25) is 4.98 Å². The van der Waals surface area contributed by atoms with Crippen LogP contribution in [-0.2, 0) is 0 Å². The first-order valence-corrected chi connectivity index (χ1v) is 9.05. The Labute approximate surface area is 160 Å². The van der Waals surface area contributed by atoms with Crippen molar-refractivity contribution in [2.24, 2.45) is 0 Å². The summed E-state index contributed by atoms with van der Waals surface area (Å²) in [6.07, 6.45) is 3.46. The highest BCUT2D eigenvalue weighted by molar-refractivity contribution is 9.10. The van der Waals surface area contributed by atoms with E-state index in [-0.39, 0.29) is 12.6 Å². The number of aliphatic hydroxyl groups excluding tert-OH is 1. The molecule has 0 spiro atoms. The van der Waals surface area contributed by atoms with Crippen LogP contribution >= 0.6 is 15.9 Å². The number of pyridine rings is 1. The number of nitrogens with one attached hydrogen (secondary N) is 2. The zero-order chi connectivity index (χ0) is 18.5. The minimum atomic E-state index is -0.150. The van der Waals surface area contributed by atoms with Gasteiger partial charge in [0.1, 0.15) is 5.82 Å². The molecule has 3 aromatic rings. The number of aromatic nitrogens is 3. The molecule has 7 heteroatoms. The first-order valence-electron chi connectivity index (χ1n) is 8.26. The zero-order valence-corrected chi connectivity index (χ0v) is 16.2. The minimum Gasteiger partial charge on any atom is -0.394 e. The highest BCUT2D eigenvalue weighted by Gasteiger charge is 2.10. The Morgan fingerprint density at radius 3 is 2.65 bits per heavy atom. The first-order chi connectivity index (χ1) is 12.6. The highest BCUT2D eigenvalue weighted by atomic mass is 79.9. The van der Waals surface area contributed by atoms with Gasteiger partial charge >= 0.3 is 0 Å². The van der Waals surface area contributed by atoms with E-state index in [2.05, 4.69) is 41.5 Å². The van der Waals surface area contributed by atoms with Gasteiger partial charge in [-0.2, -0.15) is 4.98 Å². The molecule has 0 saturated carbocycles. The lowest BCUT2D eigenvalue weighted by Gasteiger charge is -2.15. The number of halogens is 1. The molecule has 6 nitrogen and oxygen atoms in total. The van der Waals surface area contributed by atoms with Crippen LogP contribution in [0.5, 0.6) is 0 Å². The lowest BCUT2D eigenvalue weighted by atomic mass is 10.2. The fraction of sp³-hybridized carbons (Fsp3) is 0.211. The zero-order valence-electron chi connectivity index (χ0n) is 14.6. The van der Waals surface area contributed by atoms with Gasteiger partial charge in [-0.25, -0.2) is 4.98 Å². The maximum Gasteiger partial charge on any atom is 0.225 e. The molecule has 2 heterocycles. The predicted octanol–water partition coefficient (Wildman–Crippen LogP) is 4.15. The molecule has 1 atom stereocenters. The molecule has 134 valence electrons. The fourth-order valence-electron chi connectivity index (χ4n) is 2.39. The quantitative estimate of drug-likeness (QED) is 0.562. The van der Waals surface area contributed by atoms with Gasteiger partial charge in [0.15, 0.2) is 0 Å². The molecule has 0 aliphatic heterocycles. The van der Waals surface area contributed by atoms with Gasteiger partial charge < -0.3 is 15.7 Å². The second kappa shape index (κ2) is 8.25. The van der Waals surface area contributed by atoms with Crippen molar-refractivity contribution in [1.29, 1.82) is 0 Å². The van der Waals surface area contributed by atoms with Crippen LogP contribution in [0.15, 0.2) is 53.3 Å². The van der Waals surface area contributed by atoms with Crippen molar-refractivity contribution in [3.63, 3.8) is 0 Å². The number of hydrogen-bond acceptors (Lipinski definition) is 6. The van der Waals surface area contributed by atoms with Crippen molar-refractivity contribution in [2.75, 3.05) is 17.2 Å². The first kappa shape index (κ1) is 18.3. The van der Waals surface area contributed by atoms with Gasteiger partial charge in [0.2, 0.25) is 5.95 Å². The standard InChI is InChI=1S/C19H20BrN5O/c1-12(11-26)22-19-24-17(14-6-8-21-9-7-14)10-18(25-19)23-16-5-3-4-15(20)13(16)2/h3-10,12,26H,11H2,1-2H3,(H2,22,23,24,25)/t12-/m1/s1. The van der Waals surface area contributed by atoms with Crippen molar-refractivity contribution in [3.8, 4) is 11.3 Å². The van der Waals surface area contributed by atoms with Crippen LogP contribution < -0.4 is 10.6 Å². The Balaban J connectivity index is 2.00. The molecule has 0 fully saturated rings. The molecule has 1 aromatic carbocycles. The van der Waals surface area contributed by atoms with Crippen LogP contribution in [0.25, 0.3) is 11.3 Å². The lowest BCUT2D eigenvalue weighted by molar-refractivity contribution is 0.281. The third kappa shape index (κ3) is 4.36. The maximum atomic E-state index is 9.31. The van der Waals surface area contributed by atoms with Crippen molar-refractivity contribution < 1.29 is 5.11 Å². The van der Waals surface area contributed by atoms with Crippen molar-refractivity contribution in [2.45, 2.75) is 19.9 Å². The Morgan fingerprint density at radius 1 is 1.15 bits per heavy atom. The normalized spacial score (nSPS) is 11.8. The summed E-state index contributed by atoms with van der Waals surface area (Å²) in [5, 5.41) is 15.8. The predicted molar refractivity (Wildman–Crippen MR) is 108 cm³/mol. The molecule has 0 amide bonds. The smallest absolute Gasteiger partial charge is 0.225 e. The van der Waals surface area contributed by atoms with Gasteiger partial charge in [-0.1, -0.05) is 22.0 Å². The average Bonchev–Trinajstić information content (AvgIpc) is 2.66. The van der Waals surface area contributed by atoms with Crippen LogP contribution in [0.3, 0.4) is 0 Å². The molecule has 3 rings (SSSR count). The third-order valence-corrected chi connectivity index (χ3v) is 4.74. The van der Waals surface area contributed by atoms with Crippen LogP contribution in [0.2, 0.25) is 0 Å². The fourth-order valence-corrected chi connectivity index (χ4v) is 2.76. The van der Waals surface area contributed by atoms with Gasteiger partial charge in [0.05, 0.1) is 12.3 Å². The SMILES string of the molecule is Cc1c(Br)cccc1Nc1cc(-c2ccncc2)nc(N[C@H](C)CO)n1. The van der Waals surface area contributed by atoms with Crippen LogP contribution in [-0.4, -0.2) is 32.7 Å². The molecule has 0 unspecified atom stereocenters. The Kier molecular flexibility index (Phi) is 5.80.